The molecule has 7 nitrogen and oxygen atoms in total. The highest BCUT2D eigenvalue weighted by Crippen LogP contribution is 2.23. The topological polar surface area (TPSA) is 92.1 Å². The van der Waals surface area contributed by atoms with E-state index in [-0.39, 0.29) is 18.1 Å². The van der Waals surface area contributed by atoms with E-state index in [0.717, 1.165) is 42.9 Å². The molecule has 1 aliphatic rings. The number of carbonyl (C=O) groups is 1. The maximum Gasteiger partial charge on any atom is 0.231 e. The molecule has 1 saturated heterocycles. The number of hydrogen-bond acceptors (Lipinski definition) is 5. The number of carbonyl (C=O) groups excluding carboxylic acids is 1. The molecule has 128 valence electrons. The Morgan fingerprint density at radius 2 is 2.17 bits per heavy atom. The number of aryl methyl sites for hydroxylation is 2. The van der Waals surface area contributed by atoms with Crippen LogP contribution in [-0.2, 0) is 18.3 Å². The summed E-state index contributed by atoms with van der Waals surface area (Å²) < 4.78 is 1.61. The average Bonchev–Trinajstić information content (AvgIpc) is 2.93. The number of rotatable bonds is 4. The molecular formula is C17H23N5O2. The first kappa shape index (κ1) is 16.4. The highest BCUT2D eigenvalue weighted by atomic mass is 16.3. The number of phenolic OH excluding ortho intramolecular Hbond substituents is 1. The first-order valence-corrected chi connectivity index (χ1v) is 8.23. The van der Waals surface area contributed by atoms with Gasteiger partial charge in [-0.2, -0.15) is 10.1 Å². The molecule has 1 amide bonds. The van der Waals surface area contributed by atoms with Gasteiger partial charge in [-0.05, 0) is 50.0 Å². The van der Waals surface area contributed by atoms with Gasteiger partial charge in [0.05, 0.1) is 6.42 Å². The standard InChI is InChI=1S/C17H23N5O2/c1-11-3-4-12(9-14(11)23)10-15(24)19-17-20-16(21-22(17)2)13-5-7-18-8-6-13/h3-4,9,13,18,23H,5-8,10H2,1-2H3,(H,19,20,21,24). The van der Waals surface area contributed by atoms with E-state index >= 15 is 0 Å². The zero-order valence-corrected chi connectivity index (χ0v) is 14.0. The van der Waals surface area contributed by atoms with E-state index in [1.165, 1.54) is 0 Å². The molecule has 3 N–H and O–H groups in total. The van der Waals surface area contributed by atoms with Crippen molar-refractivity contribution in [3.63, 3.8) is 0 Å². The smallest absolute Gasteiger partial charge is 0.231 e. The molecule has 0 atom stereocenters. The van der Waals surface area contributed by atoms with Crippen LogP contribution < -0.4 is 10.6 Å². The number of piperidine rings is 1. The fourth-order valence-corrected chi connectivity index (χ4v) is 2.89. The van der Waals surface area contributed by atoms with Crippen molar-refractivity contribution in [3.8, 4) is 5.75 Å². The van der Waals surface area contributed by atoms with E-state index in [9.17, 15) is 9.90 Å². The van der Waals surface area contributed by atoms with E-state index in [1.807, 2.05) is 13.0 Å². The predicted molar refractivity (Wildman–Crippen MR) is 91.0 cm³/mol. The van der Waals surface area contributed by atoms with Gasteiger partial charge in [0.1, 0.15) is 5.75 Å². The van der Waals surface area contributed by atoms with Gasteiger partial charge in [-0.15, -0.1) is 0 Å². The second-order valence-electron chi connectivity index (χ2n) is 6.29. The summed E-state index contributed by atoms with van der Waals surface area (Å²) in [5.74, 6) is 1.63. The summed E-state index contributed by atoms with van der Waals surface area (Å²) in [4.78, 5) is 16.7. The van der Waals surface area contributed by atoms with Gasteiger partial charge in [-0.25, -0.2) is 4.68 Å². The van der Waals surface area contributed by atoms with Gasteiger partial charge in [-0.1, -0.05) is 12.1 Å². The number of aromatic nitrogens is 3. The van der Waals surface area contributed by atoms with Crippen LogP contribution in [0, 0.1) is 6.92 Å². The maximum absolute atomic E-state index is 12.2. The lowest BCUT2D eigenvalue weighted by Crippen LogP contribution is -2.27. The summed E-state index contributed by atoms with van der Waals surface area (Å²) in [6.07, 6.45) is 2.21. The lowest BCUT2D eigenvalue weighted by Gasteiger charge is -2.19. The second-order valence-corrected chi connectivity index (χ2v) is 6.29. The monoisotopic (exact) mass is 329 g/mol. The van der Waals surface area contributed by atoms with Gasteiger partial charge in [0.2, 0.25) is 11.9 Å². The highest BCUT2D eigenvalue weighted by molar-refractivity contribution is 5.90. The first-order chi connectivity index (χ1) is 11.5. The van der Waals surface area contributed by atoms with Crippen LogP contribution in [0.15, 0.2) is 18.2 Å². The zero-order chi connectivity index (χ0) is 17.1. The number of phenols is 1. The molecular weight excluding hydrogens is 306 g/mol. The molecule has 0 unspecified atom stereocenters. The highest BCUT2D eigenvalue weighted by Gasteiger charge is 2.21. The zero-order valence-electron chi connectivity index (χ0n) is 14.0. The Labute approximate surface area is 141 Å². The number of anilines is 1. The van der Waals surface area contributed by atoms with Crippen LogP contribution in [0.2, 0.25) is 0 Å². The summed E-state index contributed by atoms with van der Waals surface area (Å²) >= 11 is 0. The minimum atomic E-state index is -0.175. The number of nitrogens with one attached hydrogen (secondary N) is 2. The molecule has 2 aromatic rings. The third-order valence-corrected chi connectivity index (χ3v) is 4.37. The van der Waals surface area contributed by atoms with Gasteiger partial charge >= 0.3 is 0 Å². The van der Waals surface area contributed by atoms with Crippen molar-refractivity contribution in [1.29, 1.82) is 0 Å². The molecule has 0 saturated carbocycles. The van der Waals surface area contributed by atoms with Crippen LogP contribution in [0.25, 0.3) is 0 Å². The quantitative estimate of drug-likeness (QED) is 0.790. The predicted octanol–water partition coefficient (Wildman–Crippen LogP) is 1.48. The molecule has 0 aliphatic carbocycles. The lowest BCUT2D eigenvalue weighted by atomic mass is 9.98. The molecule has 1 aliphatic heterocycles. The Hall–Kier alpha value is -2.41. The molecule has 3 rings (SSSR count). The Morgan fingerprint density at radius 3 is 2.88 bits per heavy atom. The van der Waals surface area contributed by atoms with Crippen LogP contribution in [0.5, 0.6) is 5.75 Å². The van der Waals surface area contributed by atoms with Crippen molar-refractivity contribution in [2.24, 2.45) is 7.05 Å². The Kier molecular flexibility index (Phi) is 4.80. The van der Waals surface area contributed by atoms with Crippen molar-refractivity contribution in [2.75, 3.05) is 18.4 Å². The minimum Gasteiger partial charge on any atom is -0.508 e. The molecule has 7 heteroatoms. The first-order valence-electron chi connectivity index (χ1n) is 8.23. The third-order valence-electron chi connectivity index (χ3n) is 4.37. The van der Waals surface area contributed by atoms with E-state index in [1.54, 1.807) is 23.9 Å². The average molecular weight is 329 g/mol. The van der Waals surface area contributed by atoms with E-state index in [2.05, 4.69) is 20.7 Å². The normalized spacial score (nSPS) is 15.4. The number of amides is 1. The van der Waals surface area contributed by atoms with Crippen LogP contribution >= 0.6 is 0 Å². The molecule has 2 heterocycles. The van der Waals surface area contributed by atoms with Crippen molar-refractivity contribution in [2.45, 2.75) is 32.1 Å². The molecule has 1 aromatic carbocycles. The van der Waals surface area contributed by atoms with Gasteiger partial charge in [0.15, 0.2) is 5.82 Å². The molecule has 0 bridgehead atoms. The van der Waals surface area contributed by atoms with Gasteiger partial charge in [-0.3, -0.25) is 10.1 Å². The summed E-state index contributed by atoms with van der Waals surface area (Å²) in [5.41, 5.74) is 1.55. The summed E-state index contributed by atoms with van der Waals surface area (Å²) in [6.45, 7) is 3.77. The van der Waals surface area contributed by atoms with Crippen LogP contribution in [0.4, 0.5) is 5.95 Å². The molecule has 1 fully saturated rings. The second kappa shape index (κ2) is 7.00. The van der Waals surface area contributed by atoms with Crippen LogP contribution in [-0.4, -0.2) is 38.9 Å². The third kappa shape index (κ3) is 3.73. The number of hydrogen-bond donors (Lipinski definition) is 3. The summed E-state index contributed by atoms with van der Waals surface area (Å²) in [6, 6.07) is 5.26. The van der Waals surface area contributed by atoms with Crippen LogP contribution in [0.1, 0.15) is 35.7 Å². The number of aromatic hydroxyl groups is 1. The Balaban J connectivity index is 1.65. The Bertz CT molecular complexity index is 735. The fraction of sp³-hybridized carbons (Fsp3) is 0.471. The molecule has 0 spiro atoms. The molecule has 24 heavy (non-hydrogen) atoms. The van der Waals surface area contributed by atoms with Crippen molar-refractivity contribution < 1.29 is 9.90 Å². The van der Waals surface area contributed by atoms with Crippen LogP contribution in [0.3, 0.4) is 0 Å². The largest absolute Gasteiger partial charge is 0.508 e. The van der Waals surface area contributed by atoms with Crippen molar-refractivity contribution >= 4 is 11.9 Å². The van der Waals surface area contributed by atoms with E-state index in [4.69, 9.17) is 0 Å². The van der Waals surface area contributed by atoms with E-state index in [0.29, 0.717) is 11.9 Å². The summed E-state index contributed by atoms with van der Waals surface area (Å²) in [5, 5.41) is 20.3. The van der Waals surface area contributed by atoms with Gasteiger partial charge in [0, 0.05) is 13.0 Å². The number of nitrogens with zero attached hydrogens (tertiary/aromatic N) is 3. The summed E-state index contributed by atoms with van der Waals surface area (Å²) in [7, 11) is 1.78. The molecule has 1 aromatic heterocycles. The number of benzene rings is 1. The maximum atomic E-state index is 12.2. The van der Waals surface area contributed by atoms with Gasteiger partial charge in [0.25, 0.3) is 0 Å². The SMILES string of the molecule is Cc1ccc(CC(=O)Nc2nc(C3CCNCC3)nn2C)cc1O. The van der Waals surface area contributed by atoms with Crippen molar-refractivity contribution in [1.82, 2.24) is 20.1 Å². The van der Waals surface area contributed by atoms with Gasteiger partial charge < -0.3 is 10.4 Å². The minimum absolute atomic E-state index is 0.175. The van der Waals surface area contributed by atoms with Crippen molar-refractivity contribution in [3.05, 3.63) is 35.2 Å². The lowest BCUT2D eigenvalue weighted by molar-refractivity contribution is -0.115. The fourth-order valence-electron chi connectivity index (χ4n) is 2.89. The molecule has 0 radical (unpaired) electrons. The van der Waals surface area contributed by atoms with E-state index < -0.39 is 0 Å². The Morgan fingerprint density at radius 1 is 1.42 bits per heavy atom.